The molecule has 0 heteroatoms. The molecule has 1 atom stereocenters. The molecule has 0 fully saturated rings. The highest BCUT2D eigenvalue weighted by Crippen LogP contribution is 2.52. The highest BCUT2D eigenvalue weighted by molar-refractivity contribution is 5.92. The predicted molar refractivity (Wildman–Crippen MR) is 150 cm³/mol. The van der Waals surface area contributed by atoms with Crippen LogP contribution in [0.5, 0.6) is 0 Å². The van der Waals surface area contributed by atoms with E-state index in [2.05, 4.69) is 119 Å². The van der Waals surface area contributed by atoms with Crippen LogP contribution in [-0.2, 0) is 0 Å². The van der Waals surface area contributed by atoms with Gasteiger partial charge in [-0.25, -0.2) is 0 Å². The van der Waals surface area contributed by atoms with E-state index in [4.69, 9.17) is 0 Å². The largest absolute Gasteiger partial charge is 0.0649 e. The third kappa shape index (κ3) is 3.98. The summed E-state index contributed by atoms with van der Waals surface area (Å²) < 4.78 is 0. The van der Waals surface area contributed by atoms with Crippen LogP contribution in [-0.4, -0.2) is 0 Å². The van der Waals surface area contributed by atoms with Gasteiger partial charge in [-0.3, -0.25) is 0 Å². The molecule has 2 aliphatic rings. The Morgan fingerprint density at radius 3 is 1.91 bits per heavy atom. The molecule has 1 unspecified atom stereocenters. The van der Waals surface area contributed by atoms with E-state index < -0.39 is 0 Å². The fourth-order valence-corrected chi connectivity index (χ4v) is 5.89. The van der Waals surface area contributed by atoms with Crippen molar-refractivity contribution < 1.29 is 0 Å². The van der Waals surface area contributed by atoms with Gasteiger partial charge in [-0.2, -0.15) is 0 Å². The summed E-state index contributed by atoms with van der Waals surface area (Å²) in [5.41, 5.74) is 18.1. The second kappa shape index (κ2) is 8.54. The van der Waals surface area contributed by atoms with E-state index in [1.165, 1.54) is 72.3 Å². The number of fused-ring (bicyclic) bond motifs is 3. The minimum Gasteiger partial charge on any atom is -0.0649 e. The van der Waals surface area contributed by atoms with E-state index in [-0.39, 0.29) is 0 Å². The van der Waals surface area contributed by atoms with Gasteiger partial charge >= 0.3 is 0 Å². The lowest BCUT2D eigenvalue weighted by Gasteiger charge is -2.17. The first-order valence-electron chi connectivity index (χ1n) is 12.7. The van der Waals surface area contributed by atoms with Gasteiger partial charge in [0.1, 0.15) is 0 Å². The number of allylic oxidation sites excluding steroid dienone is 4. The van der Waals surface area contributed by atoms with Crippen LogP contribution in [0.2, 0.25) is 0 Å². The van der Waals surface area contributed by atoms with E-state index in [0.29, 0.717) is 5.92 Å². The molecule has 0 bridgehead atoms. The summed E-state index contributed by atoms with van der Waals surface area (Å²) in [5.74, 6) is 0.404. The molecule has 6 rings (SSSR count). The highest BCUT2D eigenvalue weighted by atomic mass is 14.4. The summed E-state index contributed by atoms with van der Waals surface area (Å²) in [5, 5.41) is 0. The normalized spacial score (nSPS) is 16.1. The Hall–Kier alpha value is -3.64. The Morgan fingerprint density at radius 1 is 0.571 bits per heavy atom. The summed E-state index contributed by atoms with van der Waals surface area (Å²) in [6, 6.07) is 29.9. The Kier molecular flexibility index (Phi) is 5.33. The van der Waals surface area contributed by atoms with Gasteiger partial charge in [0.2, 0.25) is 0 Å². The zero-order chi connectivity index (χ0) is 24.1. The molecular formula is C35H32. The molecule has 4 aromatic carbocycles. The molecule has 172 valence electrons. The van der Waals surface area contributed by atoms with Crippen LogP contribution in [0.15, 0.2) is 96.6 Å². The second-order valence-corrected chi connectivity index (χ2v) is 10.5. The van der Waals surface area contributed by atoms with Crippen LogP contribution in [0.1, 0.15) is 57.7 Å². The standard InChI is InChI=1S/C35H32/c1-22-5-11-27(12-6-22)29-15-10-26(20-29)21-33-32-17-24(3)9-16-30(32)35-31(18-25(4)19-34(33)35)28-13-7-23(2)8-14-28/h5-19,33H,20-21H2,1-4H3. The SMILES string of the molecule is Cc1ccc(C2=CC=C(CC3c4cc(C)ccc4-c4c(-c5ccc(C)cc5)cc(C)cc43)C2)cc1. The zero-order valence-electron chi connectivity index (χ0n) is 21.2. The van der Waals surface area contributed by atoms with Gasteiger partial charge in [0.05, 0.1) is 0 Å². The predicted octanol–water partition coefficient (Wildman–Crippen LogP) is 9.50. The first-order valence-corrected chi connectivity index (χ1v) is 12.7. The maximum absolute atomic E-state index is 2.44. The van der Waals surface area contributed by atoms with Crippen molar-refractivity contribution in [2.24, 2.45) is 0 Å². The van der Waals surface area contributed by atoms with Gasteiger partial charge < -0.3 is 0 Å². The quantitative estimate of drug-likeness (QED) is 0.289. The lowest BCUT2D eigenvalue weighted by atomic mass is 9.86. The van der Waals surface area contributed by atoms with Gasteiger partial charge in [-0.15, -0.1) is 0 Å². The molecule has 0 aromatic heterocycles. The van der Waals surface area contributed by atoms with Crippen molar-refractivity contribution in [3.63, 3.8) is 0 Å². The molecule has 0 amide bonds. The number of aryl methyl sites for hydroxylation is 4. The minimum atomic E-state index is 0.404. The molecule has 0 heterocycles. The van der Waals surface area contributed by atoms with Crippen LogP contribution in [0, 0.1) is 27.7 Å². The lowest BCUT2D eigenvalue weighted by Crippen LogP contribution is -2.00. The third-order valence-electron chi connectivity index (χ3n) is 7.73. The molecule has 4 aromatic rings. The van der Waals surface area contributed by atoms with Crippen molar-refractivity contribution in [3.8, 4) is 22.3 Å². The average Bonchev–Trinajstić information content (AvgIpc) is 3.43. The first kappa shape index (κ1) is 21.9. The van der Waals surface area contributed by atoms with Crippen LogP contribution in [0.25, 0.3) is 27.8 Å². The van der Waals surface area contributed by atoms with Gasteiger partial charge in [0.15, 0.2) is 0 Å². The van der Waals surface area contributed by atoms with E-state index in [9.17, 15) is 0 Å². The fourth-order valence-electron chi connectivity index (χ4n) is 5.89. The average molecular weight is 453 g/mol. The minimum absolute atomic E-state index is 0.404. The van der Waals surface area contributed by atoms with Gasteiger partial charge in [0.25, 0.3) is 0 Å². The Bertz CT molecular complexity index is 1490. The number of benzene rings is 4. The van der Waals surface area contributed by atoms with Gasteiger partial charge in [-0.1, -0.05) is 119 Å². The fraction of sp³-hybridized carbons (Fsp3) is 0.200. The molecule has 0 saturated heterocycles. The third-order valence-corrected chi connectivity index (χ3v) is 7.73. The summed E-state index contributed by atoms with van der Waals surface area (Å²) >= 11 is 0. The molecule has 0 saturated carbocycles. The first-order chi connectivity index (χ1) is 17.0. The van der Waals surface area contributed by atoms with E-state index >= 15 is 0 Å². The topological polar surface area (TPSA) is 0 Å². The molecular weight excluding hydrogens is 420 g/mol. The molecule has 0 radical (unpaired) electrons. The van der Waals surface area contributed by atoms with Crippen molar-refractivity contribution in [2.45, 2.75) is 46.5 Å². The summed E-state index contributed by atoms with van der Waals surface area (Å²) in [6.45, 7) is 8.78. The maximum atomic E-state index is 2.44. The van der Waals surface area contributed by atoms with Crippen molar-refractivity contribution in [2.75, 3.05) is 0 Å². The lowest BCUT2D eigenvalue weighted by molar-refractivity contribution is 0.805. The highest BCUT2D eigenvalue weighted by Gasteiger charge is 2.32. The molecule has 0 N–H and O–H groups in total. The number of hydrogen-bond acceptors (Lipinski definition) is 0. The number of hydrogen-bond donors (Lipinski definition) is 0. The Morgan fingerprint density at radius 2 is 1.20 bits per heavy atom. The van der Waals surface area contributed by atoms with Crippen LogP contribution in [0.4, 0.5) is 0 Å². The Balaban J connectivity index is 1.39. The van der Waals surface area contributed by atoms with Crippen molar-refractivity contribution in [1.82, 2.24) is 0 Å². The molecule has 0 nitrogen and oxygen atoms in total. The summed E-state index contributed by atoms with van der Waals surface area (Å²) in [4.78, 5) is 0. The van der Waals surface area contributed by atoms with Crippen molar-refractivity contribution in [3.05, 3.63) is 136 Å². The monoisotopic (exact) mass is 452 g/mol. The molecule has 0 spiro atoms. The van der Waals surface area contributed by atoms with Crippen LogP contribution < -0.4 is 0 Å². The van der Waals surface area contributed by atoms with Gasteiger partial charge in [-0.05, 0) is 85.1 Å². The second-order valence-electron chi connectivity index (χ2n) is 10.5. The van der Waals surface area contributed by atoms with E-state index in [1.54, 1.807) is 0 Å². The summed E-state index contributed by atoms with van der Waals surface area (Å²) in [7, 11) is 0. The van der Waals surface area contributed by atoms with Crippen LogP contribution >= 0.6 is 0 Å². The zero-order valence-corrected chi connectivity index (χ0v) is 21.2. The van der Waals surface area contributed by atoms with Gasteiger partial charge in [0, 0.05) is 5.92 Å². The van der Waals surface area contributed by atoms with E-state index in [0.717, 1.165) is 12.8 Å². The molecule has 0 aliphatic heterocycles. The van der Waals surface area contributed by atoms with E-state index in [1.807, 2.05) is 0 Å². The Labute approximate surface area is 209 Å². The van der Waals surface area contributed by atoms with Crippen molar-refractivity contribution in [1.29, 1.82) is 0 Å². The van der Waals surface area contributed by atoms with Crippen LogP contribution in [0.3, 0.4) is 0 Å². The smallest absolute Gasteiger partial charge is 0.0139 e. The molecule has 2 aliphatic carbocycles. The number of rotatable bonds is 4. The summed E-state index contributed by atoms with van der Waals surface area (Å²) in [6.07, 6.45) is 6.83. The molecule has 35 heavy (non-hydrogen) atoms. The van der Waals surface area contributed by atoms with Crippen molar-refractivity contribution >= 4 is 5.57 Å². The maximum Gasteiger partial charge on any atom is 0.0139 e.